The minimum Gasteiger partial charge on any atom is -0.326 e. The third kappa shape index (κ3) is 2.53. The molecule has 0 saturated carbocycles. The number of rotatable bonds is 3. The van der Waals surface area contributed by atoms with Crippen LogP contribution in [0.3, 0.4) is 0 Å². The van der Waals surface area contributed by atoms with Crippen molar-refractivity contribution in [1.29, 1.82) is 0 Å². The molecule has 0 aliphatic rings. The number of nitrogens with zero attached hydrogens (tertiary/aromatic N) is 3. The van der Waals surface area contributed by atoms with Crippen molar-refractivity contribution in [1.82, 2.24) is 15.0 Å². The summed E-state index contributed by atoms with van der Waals surface area (Å²) >= 11 is 0. The van der Waals surface area contributed by atoms with Gasteiger partial charge in [-0.1, -0.05) is 23.4 Å². The topological polar surface area (TPSA) is 73.8 Å². The second kappa shape index (κ2) is 5.41. The molecule has 0 spiro atoms. The number of halogens is 1. The van der Waals surface area contributed by atoms with Gasteiger partial charge in [-0.2, -0.15) is 0 Å². The summed E-state index contributed by atoms with van der Waals surface area (Å²) in [5.74, 6) is -0.351. The van der Waals surface area contributed by atoms with Crippen LogP contribution in [0.1, 0.15) is 11.1 Å². The van der Waals surface area contributed by atoms with E-state index in [9.17, 15) is 9.18 Å². The molecule has 0 amide bonds. The van der Waals surface area contributed by atoms with Crippen molar-refractivity contribution < 1.29 is 4.39 Å². The highest BCUT2D eigenvalue weighted by Gasteiger charge is 2.08. The molecule has 1 aromatic heterocycles. The molecule has 0 aliphatic carbocycles. The maximum Gasteiger partial charge on any atom is 0.277 e. The summed E-state index contributed by atoms with van der Waals surface area (Å²) in [5, 5.41) is 8.44. The highest BCUT2D eigenvalue weighted by Crippen LogP contribution is 2.12. The lowest BCUT2D eigenvalue weighted by Gasteiger charge is -2.09. The predicted octanol–water partition coefficient (Wildman–Crippen LogP) is 1.44. The molecule has 2 N–H and O–H groups in total. The molecule has 0 aliphatic heterocycles. The van der Waals surface area contributed by atoms with Crippen molar-refractivity contribution in [3.63, 3.8) is 0 Å². The summed E-state index contributed by atoms with van der Waals surface area (Å²) in [4.78, 5) is 12.4. The van der Waals surface area contributed by atoms with Gasteiger partial charge in [0.2, 0.25) is 0 Å². The van der Waals surface area contributed by atoms with Crippen LogP contribution in [0.4, 0.5) is 4.39 Å². The van der Waals surface area contributed by atoms with Gasteiger partial charge < -0.3 is 5.73 Å². The first kappa shape index (κ1) is 13.4. The number of benzene rings is 2. The Bertz CT molecular complexity index is 860. The Kier molecular flexibility index (Phi) is 3.45. The van der Waals surface area contributed by atoms with Gasteiger partial charge in [-0.05, 0) is 35.4 Å². The normalized spacial score (nSPS) is 11.0. The van der Waals surface area contributed by atoms with E-state index in [4.69, 9.17) is 5.73 Å². The van der Waals surface area contributed by atoms with E-state index in [2.05, 4.69) is 10.3 Å². The average molecular weight is 284 g/mol. The van der Waals surface area contributed by atoms with Gasteiger partial charge in [0.15, 0.2) is 0 Å². The number of aromatic nitrogens is 3. The number of hydrogen-bond donors (Lipinski definition) is 1. The van der Waals surface area contributed by atoms with Gasteiger partial charge in [0.25, 0.3) is 5.56 Å². The van der Waals surface area contributed by atoms with Crippen LogP contribution in [0.25, 0.3) is 10.9 Å². The van der Waals surface area contributed by atoms with Crippen molar-refractivity contribution in [2.24, 2.45) is 5.73 Å². The zero-order valence-corrected chi connectivity index (χ0v) is 11.2. The lowest BCUT2D eigenvalue weighted by molar-refractivity contribution is 0.591. The number of fused-ring (bicyclic) bond motifs is 1. The van der Waals surface area contributed by atoms with Crippen molar-refractivity contribution >= 4 is 10.9 Å². The van der Waals surface area contributed by atoms with Crippen molar-refractivity contribution in [3.8, 4) is 0 Å². The van der Waals surface area contributed by atoms with E-state index >= 15 is 0 Å². The summed E-state index contributed by atoms with van der Waals surface area (Å²) < 4.78 is 14.5. The molecule has 3 aromatic rings. The largest absolute Gasteiger partial charge is 0.326 e. The Morgan fingerprint density at radius 1 is 1.14 bits per heavy atom. The minimum atomic E-state index is -0.351. The van der Waals surface area contributed by atoms with Crippen LogP contribution >= 0.6 is 0 Å². The highest BCUT2D eigenvalue weighted by atomic mass is 19.1. The van der Waals surface area contributed by atoms with Gasteiger partial charge in [0.05, 0.1) is 11.9 Å². The molecule has 6 heteroatoms. The molecule has 106 valence electrons. The quantitative estimate of drug-likeness (QED) is 0.789. The van der Waals surface area contributed by atoms with E-state index in [1.54, 1.807) is 30.3 Å². The van der Waals surface area contributed by atoms with Crippen LogP contribution < -0.4 is 11.3 Å². The first-order valence-electron chi connectivity index (χ1n) is 6.49. The molecule has 21 heavy (non-hydrogen) atoms. The molecule has 5 nitrogen and oxygen atoms in total. The monoisotopic (exact) mass is 284 g/mol. The predicted molar refractivity (Wildman–Crippen MR) is 77.2 cm³/mol. The minimum absolute atomic E-state index is 0.197. The first-order chi connectivity index (χ1) is 10.2. The maximum absolute atomic E-state index is 13.2. The fraction of sp³-hybridized carbons (Fsp3) is 0.133. The summed E-state index contributed by atoms with van der Waals surface area (Å²) in [6.07, 6.45) is 0. The zero-order valence-electron chi connectivity index (χ0n) is 11.2. The van der Waals surface area contributed by atoms with Crippen molar-refractivity contribution in [2.75, 3.05) is 0 Å². The second-order valence-electron chi connectivity index (χ2n) is 4.69. The van der Waals surface area contributed by atoms with Crippen LogP contribution in [-0.4, -0.2) is 15.0 Å². The molecule has 1 heterocycles. The summed E-state index contributed by atoms with van der Waals surface area (Å²) in [6, 6.07) is 11.3. The average Bonchev–Trinajstić information content (AvgIpc) is 2.51. The summed E-state index contributed by atoms with van der Waals surface area (Å²) in [7, 11) is 0. The Labute approximate surface area is 119 Å². The first-order valence-corrected chi connectivity index (χ1v) is 6.49. The smallest absolute Gasteiger partial charge is 0.277 e. The van der Waals surface area contributed by atoms with E-state index in [1.807, 2.05) is 0 Å². The number of hydrogen-bond acceptors (Lipinski definition) is 4. The third-order valence-electron chi connectivity index (χ3n) is 3.34. The molecular weight excluding hydrogens is 271 g/mol. The maximum atomic E-state index is 13.2. The van der Waals surface area contributed by atoms with E-state index in [1.165, 1.54) is 16.8 Å². The summed E-state index contributed by atoms with van der Waals surface area (Å²) in [5.41, 5.74) is 7.34. The molecular formula is C15H13FN4O. The van der Waals surface area contributed by atoms with E-state index in [-0.39, 0.29) is 24.5 Å². The van der Waals surface area contributed by atoms with Crippen LogP contribution in [0, 0.1) is 5.82 Å². The van der Waals surface area contributed by atoms with E-state index < -0.39 is 0 Å². The van der Waals surface area contributed by atoms with Crippen molar-refractivity contribution in [3.05, 3.63) is 69.8 Å². The fourth-order valence-corrected chi connectivity index (χ4v) is 2.23. The van der Waals surface area contributed by atoms with Gasteiger partial charge in [-0.3, -0.25) is 4.79 Å². The zero-order chi connectivity index (χ0) is 14.8. The fourth-order valence-electron chi connectivity index (χ4n) is 2.23. The molecule has 2 aromatic carbocycles. The van der Waals surface area contributed by atoms with E-state index in [0.717, 1.165) is 5.56 Å². The van der Waals surface area contributed by atoms with Crippen LogP contribution in [-0.2, 0) is 13.1 Å². The van der Waals surface area contributed by atoms with Crippen molar-refractivity contribution in [2.45, 2.75) is 13.1 Å². The Morgan fingerprint density at radius 3 is 2.76 bits per heavy atom. The molecule has 0 fully saturated rings. The Balaban J connectivity index is 2.06. The molecule has 3 rings (SSSR count). The molecule has 0 radical (unpaired) electrons. The SMILES string of the molecule is NCc1cc(F)ccc1Cn1nnc2ccccc2c1=O. The Hall–Kier alpha value is -2.60. The van der Waals surface area contributed by atoms with Gasteiger partial charge in [-0.15, -0.1) is 5.10 Å². The van der Waals surface area contributed by atoms with Gasteiger partial charge in [0.1, 0.15) is 11.3 Å². The standard InChI is InChI=1S/C15H13FN4O/c16-12-6-5-10(11(7-12)8-17)9-20-15(21)13-3-1-2-4-14(13)18-19-20/h1-7H,8-9,17H2. The van der Waals surface area contributed by atoms with Gasteiger partial charge in [0, 0.05) is 6.54 Å². The van der Waals surface area contributed by atoms with Gasteiger partial charge >= 0.3 is 0 Å². The second-order valence-corrected chi connectivity index (χ2v) is 4.69. The third-order valence-corrected chi connectivity index (χ3v) is 3.34. The molecule has 0 saturated heterocycles. The molecule has 0 bridgehead atoms. The van der Waals surface area contributed by atoms with E-state index in [0.29, 0.717) is 16.5 Å². The summed E-state index contributed by atoms with van der Waals surface area (Å²) in [6.45, 7) is 0.409. The lowest BCUT2D eigenvalue weighted by atomic mass is 10.1. The number of nitrogens with two attached hydrogens (primary N) is 1. The van der Waals surface area contributed by atoms with Crippen LogP contribution in [0.2, 0.25) is 0 Å². The van der Waals surface area contributed by atoms with Crippen LogP contribution in [0.15, 0.2) is 47.3 Å². The Morgan fingerprint density at radius 2 is 1.95 bits per heavy atom. The highest BCUT2D eigenvalue weighted by molar-refractivity contribution is 5.76. The van der Waals surface area contributed by atoms with Crippen LogP contribution in [0.5, 0.6) is 0 Å². The lowest BCUT2D eigenvalue weighted by Crippen LogP contribution is -2.25. The molecule has 0 unspecified atom stereocenters. The van der Waals surface area contributed by atoms with Gasteiger partial charge in [-0.25, -0.2) is 9.07 Å². The molecule has 0 atom stereocenters.